The highest BCUT2D eigenvalue weighted by atomic mass is 32.2. The Morgan fingerprint density at radius 1 is 0.977 bits per heavy atom. The number of nitrogens with one attached hydrogen (secondary N) is 2. The van der Waals surface area contributed by atoms with Crippen molar-refractivity contribution < 1.29 is 40.7 Å². The van der Waals surface area contributed by atoms with Crippen LogP contribution in [0.5, 0.6) is 11.5 Å². The predicted molar refractivity (Wildman–Crippen MR) is 148 cm³/mol. The monoisotopic (exact) mass is 612 g/mol. The summed E-state index contributed by atoms with van der Waals surface area (Å²) in [5.74, 6) is 0.599. The third-order valence-corrected chi connectivity index (χ3v) is 9.05. The molecule has 0 bridgehead atoms. The minimum Gasteiger partial charge on any atom is -0.454 e. The normalized spacial score (nSPS) is 19.9. The first kappa shape index (κ1) is 27.1. The number of fused-ring (bicyclic) bond motifs is 5. The number of hydrogen-bond acceptors (Lipinski definition) is 6. The fourth-order valence-corrected chi connectivity index (χ4v) is 6.56. The number of ether oxygens (including phenoxy) is 2. The number of aromatic nitrogens is 1. The number of H-pyrrole nitrogens is 1. The van der Waals surface area contributed by atoms with Crippen molar-refractivity contribution in [1.29, 1.82) is 0 Å². The van der Waals surface area contributed by atoms with E-state index in [1.807, 2.05) is 36.4 Å². The molecular formula is C29H23F3N4O6S. The first-order valence-corrected chi connectivity index (χ1v) is 14.8. The highest BCUT2D eigenvalue weighted by Gasteiger charge is 2.49. The molecule has 1 aromatic heterocycles. The summed E-state index contributed by atoms with van der Waals surface area (Å²) in [6, 6.07) is 17.0. The van der Waals surface area contributed by atoms with E-state index < -0.39 is 27.6 Å². The maximum Gasteiger partial charge on any atom is 0.516 e. The van der Waals surface area contributed by atoms with Gasteiger partial charge in [0.2, 0.25) is 18.6 Å². The average Bonchev–Trinajstić information content (AvgIpc) is 3.59. The molecule has 1 saturated heterocycles. The number of hydrogen-bond donors (Lipinski definition) is 2. The van der Waals surface area contributed by atoms with Crippen LogP contribution in [0.2, 0.25) is 0 Å². The summed E-state index contributed by atoms with van der Waals surface area (Å²) in [4.78, 5) is 34.3. The topological polar surface area (TPSA) is 121 Å². The number of rotatable bonds is 5. The third-order valence-electron chi connectivity index (χ3n) is 7.94. The number of para-hydroxylation sites is 1. The fourth-order valence-electron chi connectivity index (χ4n) is 6.00. The number of sulfonamides is 1. The average molecular weight is 613 g/mol. The molecular weight excluding hydrogens is 589 g/mol. The maximum atomic E-state index is 14.0. The summed E-state index contributed by atoms with van der Waals surface area (Å²) >= 11 is 0. The Kier molecular flexibility index (Phi) is 6.09. The third kappa shape index (κ3) is 4.52. The first-order valence-electron chi connectivity index (χ1n) is 13.3. The molecule has 1 fully saturated rings. The van der Waals surface area contributed by atoms with Gasteiger partial charge < -0.3 is 24.3 Å². The lowest BCUT2D eigenvalue weighted by atomic mass is 9.86. The lowest BCUT2D eigenvalue weighted by Gasteiger charge is -2.47. The second-order valence-corrected chi connectivity index (χ2v) is 12.2. The van der Waals surface area contributed by atoms with Crippen LogP contribution in [-0.4, -0.2) is 59.9 Å². The van der Waals surface area contributed by atoms with Crippen LogP contribution in [0.1, 0.15) is 28.4 Å². The molecule has 0 radical (unpaired) electrons. The van der Waals surface area contributed by atoms with E-state index in [1.54, 1.807) is 11.0 Å². The highest BCUT2D eigenvalue weighted by molar-refractivity contribution is 7.93. The molecule has 7 rings (SSSR count). The van der Waals surface area contributed by atoms with Gasteiger partial charge in [-0.2, -0.15) is 21.6 Å². The Hall–Kier alpha value is -4.72. The smallest absolute Gasteiger partial charge is 0.454 e. The zero-order valence-electron chi connectivity index (χ0n) is 22.2. The van der Waals surface area contributed by atoms with Crippen LogP contribution in [0.3, 0.4) is 0 Å². The van der Waals surface area contributed by atoms with Crippen LogP contribution >= 0.6 is 0 Å². The summed E-state index contributed by atoms with van der Waals surface area (Å²) in [7, 11) is -5.57. The number of alkyl halides is 3. The molecule has 2 atom stereocenters. The number of piperazine rings is 1. The number of halogens is 3. The fraction of sp³-hybridized carbons (Fsp3) is 0.241. The molecule has 2 amide bonds. The number of anilines is 1. The Morgan fingerprint density at radius 3 is 2.49 bits per heavy atom. The number of aromatic amines is 1. The van der Waals surface area contributed by atoms with Gasteiger partial charge >= 0.3 is 15.5 Å². The summed E-state index contributed by atoms with van der Waals surface area (Å²) in [6.07, 6.45) is 0.291. The minimum absolute atomic E-state index is 0.0106. The van der Waals surface area contributed by atoms with Gasteiger partial charge in [-0.25, -0.2) is 0 Å². The quantitative estimate of drug-likeness (QED) is 0.351. The molecule has 10 nitrogen and oxygen atoms in total. The van der Waals surface area contributed by atoms with Crippen molar-refractivity contribution >= 4 is 38.4 Å². The summed E-state index contributed by atoms with van der Waals surface area (Å²) in [6.45, 7) is -0.111. The van der Waals surface area contributed by atoms with Crippen molar-refractivity contribution in [3.63, 3.8) is 0 Å². The molecule has 3 aliphatic heterocycles. The van der Waals surface area contributed by atoms with Gasteiger partial charge in [0.1, 0.15) is 12.6 Å². The van der Waals surface area contributed by atoms with Gasteiger partial charge in [-0.15, -0.1) is 0 Å². The molecule has 4 aromatic rings. The van der Waals surface area contributed by atoms with Crippen LogP contribution in [0.25, 0.3) is 10.9 Å². The molecule has 4 heterocycles. The van der Waals surface area contributed by atoms with E-state index in [-0.39, 0.29) is 37.4 Å². The predicted octanol–water partition coefficient (Wildman–Crippen LogP) is 4.04. The largest absolute Gasteiger partial charge is 0.516 e. The van der Waals surface area contributed by atoms with Crippen molar-refractivity contribution in [3.8, 4) is 11.5 Å². The second kappa shape index (κ2) is 9.66. The van der Waals surface area contributed by atoms with E-state index in [9.17, 15) is 31.2 Å². The van der Waals surface area contributed by atoms with Crippen LogP contribution in [0, 0.1) is 0 Å². The second-order valence-electron chi connectivity index (χ2n) is 10.5. The molecule has 222 valence electrons. The van der Waals surface area contributed by atoms with Crippen molar-refractivity contribution in [2.75, 3.05) is 18.1 Å². The summed E-state index contributed by atoms with van der Waals surface area (Å²) < 4.78 is 73.6. The van der Waals surface area contributed by atoms with E-state index in [0.717, 1.165) is 27.7 Å². The molecule has 2 N–H and O–H groups in total. The van der Waals surface area contributed by atoms with E-state index in [1.165, 1.54) is 33.9 Å². The standard InChI is InChI=1S/C29H23F3N4O6S/c30-29(31,32)43(39,40)34-18-8-5-16(6-9-18)13-35-14-25(37)36-22(28(35)38)12-20-19-3-1-2-4-21(19)33-26(20)27(36)17-7-10-23-24(11-17)42-15-41-23/h1-11,22,27,33-34H,12-15H2/t22-,27-/m1/s1. The van der Waals surface area contributed by atoms with Crippen molar-refractivity contribution in [2.45, 2.75) is 30.6 Å². The van der Waals surface area contributed by atoms with Gasteiger partial charge in [0, 0.05) is 35.2 Å². The van der Waals surface area contributed by atoms with Crippen LogP contribution in [0.4, 0.5) is 18.9 Å². The summed E-state index contributed by atoms with van der Waals surface area (Å²) in [5.41, 5.74) is -1.82. The maximum absolute atomic E-state index is 14.0. The molecule has 14 heteroatoms. The van der Waals surface area contributed by atoms with E-state index in [2.05, 4.69) is 4.98 Å². The molecule has 43 heavy (non-hydrogen) atoms. The zero-order valence-corrected chi connectivity index (χ0v) is 23.0. The van der Waals surface area contributed by atoms with Gasteiger partial charge in [-0.3, -0.25) is 14.3 Å². The van der Waals surface area contributed by atoms with Crippen LogP contribution in [-0.2, 0) is 32.6 Å². The minimum atomic E-state index is -5.57. The Balaban J connectivity index is 1.20. The van der Waals surface area contributed by atoms with Gasteiger partial charge in [0.15, 0.2) is 11.5 Å². The van der Waals surface area contributed by atoms with Crippen molar-refractivity contribution in [3.05, 3.63) is 89.1 Å². The van der Waals surface area contributed by atoms with Gasteiger partial charge in [-0.1, -0.05) is 36.4 Å². The van der Waals surface area contributed by atoms with Gasteiger partial charge in [0.25, 0.3) is 0 Å². The van der Waals surface area contributed by atoms with Gasteiger partial charge in [0.05, 0.1) is 6.04 Å². The highest BCUT2D eigenvalue weighted by Crippen LogP contribution is 2.45. The molecule has 3 aliphatic rings. The zero-order chi connectivity index (χ0) is 30.1. The van der Waals surface area contributed by atoms with Crippen LogP contribution in [0.15, 0.2) is 66.7 Å². The molecule has 0 unspecified atom stereocenters. The Bertz CT molecular complexity index is 1890. The molecule has 0 spiro atoms. The molecule has 0 aliphatic carbocycles. The Labute approximate surface area is 243 Å². The lowest BCUT2D eigenvalue weighted by Crippen LogP contribution is -2.62. The SMILES string of the molecule is O=C1[C@H]2Cc3c([nH]c4ccccc34)[C@@H](c3ccc4c(c3)OCO4)N2C(=O)CN1Cc1ccc(NS(=O)(=O)C(F)(F)F)cc1. The number of benzene rings is 3. The lowest BCUT2D eigenvalue weighted by molar-refractivity contribution is -0.159. The molecule has 3 aromatic carbocycles. The van der Waals surface area contributed by atoms with Crippen molar-refractivity contribution in [2.24, 2.45) is 0 Å². The van der Waals surface area contributed by atoms with E-state index in [4.69, 9.17) is 9.47 Å². The van der Waals surface area contributed by atoms with Gasteiger partial charge in [-0.05, 0) is 47.0 Å². The first-order chi connectivity index (χ1) is 20.5. The van der Waals surface area contributed by atoms with Crippen molar-refractivity contribution in [1.82, 2.24) is 14.8 Å². The number of carbonyl (C=O) groups is 2. The number of carbonyl (C=O) groups excluding carboxylic acids is 2. The summed E-state index contributed by atoms with van der Waals surface area (Å²) in [5, 5.41) is 0.956. The number of nitrogens with zero attached hydrogens (tertiary/aromatic N) is 2. The van der Waals surface area contributed by atoms with Crippen LogP contribution < -0.4 is 14.2 Å². The molecule has 0 saturated carbocycles. The van der Waals surface area contributed by atoms with E-state index in [0.29, 0.717) is 23.5 Å². The Morgan fingerprint density at radius 2 is 1.72 bits per heavy atom. The number of amides is 2. The van der Waals surface area contributed by atoms with E-state index >= 15 is 0 Å².